The summed E-state index contributed by atoms with van der Waals surface area (Å²) in [5, 5.41) is 3.47. The number of carbonyl (C=O) groups excluding carboxylic acids is 2. The summed E-state index contributed by atoms with van der Waals surface area (Å²) in [6.45, 7) is 1.67. The van der Waals surface area contributed by atoms with Crippen molar-refractivity contribution in [3.63, 3.8) is 0 Å². The number of halogens is 1. The first kappa shape index (κ1) is 19.8. The molecule has 3 aliphatic rings. The van der Waals surface area contributed by atoms with E-state index in [1.54, 1.807) is 23.1 Å². The van der Waals surface area contributed by atoms with Gasteiger partial charge in [-0.3, -0.25) is 9.59 Å². The van der Waals surface area contributed by atoms with Crippen molar-refractivity contribution in [3.8, 4) is 11.5 Å². The zero-order valence-electron chi connectivity index (χ0n) is 16.8. The monoisotopic (exact) mass is 439 g/mol. The van der Waals surface area contributed by atoms with E-state index in [2.05, 4.69) is 10.2 Å². The number of hydrogen-bond acceptors (Lipinski definition) is 5. The first-order chi connectivity index (χ1) is 15.1. The Morgan fingerprint density at radius 3 is 2.55 bits per heavy atom. The molecule has 31 heavy (non-hydrogen) atoms. The lowest BCUT2D eigenvalue weighted by Crippen LogP contribution is -2.57. The van der Waals surface area contributed by atoms with Gasteiger partial charge in [0.25, 0.3) is 0 Å². The van der Waals surface area contributed by atoms with Gasteiger partial charge in [0.15, 0.2) is 11.5 Å². The predicted molar refractivity (Wildman–Crippen MR) is 117 cm³/mol. The molecule has 0 radical (unpaired) electrons. The molecular formula is C23H22ClN3O4. The number of nitrogens with zero attached hydrogens (tertiary/aromatic N) is 2. The Bertz CT molecular complexity index is 1050. The Morgan fingerprint density at radius 1 is 1.10 bits per heavy atom. The molecule has 0 saturated carbocycles. The smallest absolute Gasteiger partial charge is 0.247 e. The minimum absolute atomic E-state index is 0.0335. The SMILES string of the molecule is O=C(/C=C/c1cc2c(cc1Cl)OCO2)N1CCC2(CC1)C(=O)NCN2c1ccccc1. The maximum absolute atomic E-state index is 12.8. The summed E-state index contributed by atoms with van der Waals surface area (Å²) in [5.41, 5.74) is 1.10. The molecule has 8 heteroatoms. The summed E-state index contributed by atoms with van der Waals surface area (Å²) in [6.07, 6.45) is 4.37. The van der Waals surface area contributed by atoms with Crippen molar-refractivity contribution in [2.45, 2.75) is 18.4 Å². The van der Waals surface area contributed by atoms with E-state index in [0.29, 0.717) is 54.7 Å². The quantitative estimate of drug-likeness (QED) is 0.744. The average molecular weight is 440 g/mol. The van der Waals surface area contributed by atoms with Crippen LogP contribution in [0.25, 0.3) is 6.08 Å². The maximum Gasteiger partial charge on any atom is 0.247 e. The van der Waals surface area contributed by atoms with Crippen molar-refractivity contribution in [2.75, 3.05) is 31.5 Å². The number of fused-ring (bicyclic) bond motifs is 1. The largest absolute Gasteiger partial charge is 0.454 e. The second kappa shape index (κ2) is 7.81. The highest BCUT2D eigenvalue weighted by molar-refractivity contribution is 6.32. The number of hydrogen-bond donors (Lipinski definition) is 1. The summed E-state index contributed by atoms with van der Waals surface area (Å²) < 4.78 is 10.7. The molecule has 1 spiro atoms. The van der Waals surface area contributed by atoms with E-state index in [9.17, 15) is 9.59 Å². The molecule has 0 unspecified atom stereocenters. The van der Waals surface area contributed by atoms with Crippen LogP contribution in [0.4, 0.5) is 5.69 Å². The van der Waals surface area contributed by atoms with Gasteiger partial charge in [-0.25, -0.2) is 0 Å². The molecule has 3 heterocycles. The van der Waals surface area contributed by atoms with E-state index in [1.165, 1.54) is 6.08 Å². The number of rotatable bonds is 3. The second-order valence-electron chi connectivity index (χ2n) is 7.84. The van der Waals surface area contributed by atoms with Crippen molar-refractivity contribution >= 4 is 35.2 Å². The Labute approximate surface area is 185 Å². The highest BCUT2D eigenvalue weighted by Crippen LogP contribution is 2.38. The van der Waals surface area contributed by atoms with Crippen LogP contribution in [-0.4, -0.2) is 48.8 Å². The molecule has 5 rings (SSSR count). The second-order valence-corrected chi connectivity index (χ2v) is 8.25. The van der Waals surface area contributed by atoms with Crippen molar-refractivity contribution in [3.05, 3.63) is 59.1 Å². The number of benzene rings is 2. The normalized spacial score (nSPS) is 19.3. The Balaban J connectivity index is 1.28. The van der Waals surface area contributed by atoms with Crippen LogP contribution in [0, 0.1) is 0 Å². The lowest BCUT2D eigenvalue weighted by atomic mass is 9.85. The van der Waals surface area contributed by atoms with Crippen LogP contribution in [0.1, 0.15) is 18.4 Å². The van der Waals surface area contributed by atoms with Gasteiger partial charge in [0.2, 0.25) is 18.6 Å². The standard InChI is InChI=1S/C23H22ClN3O4/c24-18-13-20-19(30-15-31-20)12-16(18)6-7-21(28)26-10-8-23(9-11-26)22(29)25-14-27(23)17-4-2-1-3-5-17/h1-7,12-13H,8-11,14-15H2,(H,25,29)/b7-6+. The Kier molecular flexibility index (Phi) is 4.98. The van der Waals surface area contributed by atoms with Gasteiger partial charge in [0.1, 0.15) is 5.54 Å². The van der Waals surface area contributed by atoms with Gasteiger partial charge in [-0.05, 0) is 42.7 Å². The van der Waals surface area contributed by atoms with Crippen molar-refractivity contribution in [2.24, 2.45) is 0 Å². The van der Waals surface area contributed by atoms with Gasteiger partial charge in [-0.15, -0.1) is 0 Å². The number of carbonyl (C=O) groups is 2. The molecule has 0 atom stereocenters. The van der Waals surface area contributed by atoms with Gasteiger partial charge in [-0.2, -0.15) is 0 Å². The Morgan fingerprint density at radius 2 is 1.81 bits per heavy atom. The number of para-hydroxylation sites is 1. The first-order valence-corrected chi connectivity index (χ1v) is 10.6. The number of likely N-dealkylation sites (tertiary alicyclic amines) is 1. The van der Waals surface area contributed by atoms with Crippen molar-refractivity contribution < 1.29 is 19.1 Å². The molecule has 2 aromatic rings. The minimum atomic E-state index is -0.609. The fourth-order valence-electron chi connectivity index (χ4n) is 4.46. The van der Waals surface area contributed by atoms with Gasteiger partial charge < -0.3 is 24.6 Å². The van der Waals surface area contributed by atoms with Crippen LogP contribution in [0.15, 0.2) is 48.5 Å². The number of anilines is 1. The Hall–Kier alpha value is -3.19. The molecule has 0 aromatic heterocycles. The van der Waals surface area contributed by atoms with Crippen LogP contribution in [-0.2, 0) is 9.59 Å². The van der Waals surface area contributed by atoms with Crippen molar-refractivity contribution in [1.29, 1.82) is 0 Å². The molecule has 7 nitrogen and oxygen atoms in total. The third-order valence-electron chi connectivity index (χ3n) is 6.20. The lowest BCUT2D eigenvalue weighted by Gasteiger charge is -2.43. The van der Waals surface area contributed by atoms with E-state index >= 15 is 0 Å². The lowest BCUT2D eigenvalue weighted by molar-refractivity contribution is -0.131. The first-order valence-electron chi connectivity index (χ1n) is 10.2. The topological polar surface area (TPSA) is 71.1 Å². The highest BCUT2D eigenvalue weighted by atomic mass is 35.5. The number of amides is 2. The molecule has 0 aliphatic carbocycles. The molecule has 160 valence electrons. The van der Waals surface area contributed by atoms with Crippen LogP contribution in [0.5, 0.6) is 11.5 Å². The molecule has 1 N–H and O–H groups in total. The molecular weight excluding hydrogens is 418 g/mol. The van der Waals surface area contributed by atoms with Gasteiger partial charge in [-0.1, -0.05) is 29.8 Å². The minimum Gasteiger partial charge on any atom is -0.454 e. The molecule has 2 aromatic carbocycles. The van der Waals surface area contributed by atoms with Gasteiger partial charge >= 0.3 is 0 Å². The molecule has 3 aliphatic heterocycles. The summed E-state index contributed by atoms with van der Waals surface area (Å²) in [4.78, 5) is 29.4. The highest BCUT2D eigenvalue weighted by Gasteiger charge is 2.50. The van der Waals surface area contributed by atoms with E-state index in [0.717, 1.165) is 5.69 Å². The van der Waals surface area contributed by atoms with E-state index in [4.69, 9.17) is 21.1 Å². The average Bonchev–Trinajstić information content (AvgIpc) is 3.37. The summed E-state index contributed by atoms with van der Waals surface area (Å²) >= 11 is 6.29. The fourth-order valence-corrected chi connectivity index (χ4v) is 4.67. The maximum atomic E-state index is 12.8. The molecule has 0 bridgehead atoms. The number of nitrogens with one attached hydrogen (secondary N) is 1. The van der Waals surface area contributed by atoms with Gasteiger partial charge in [0.05, 0.1) is 11.7 Å². The number of ether oxygens (including phenoxy) is 2. The number of piperidine rings is 1. The molecule has 2 saturated heterocycles. The van der Waals surface area contributed by atoms with E-state index < -0.39 is 5.54 Å². The van der Waals surface area contributed by atoms with Crippen molar-refractivity contribution in [1.82, 2.24) is 10.2 Å². The zero-order valence-corrected chi connectivity index (χ0v) is 17.6. The van der Waals surface area contributed by atoms with Gasteiger partial charge in [0, 0.05) is 30.9 Å². The predicted octanol–water partition coefficient (Wildman–Crippen LogP) is 3.04. The molecule has 2 amide bonds. The van der Waals surface area contributed by atoms with Crippen LogP contribution in [0.3, 0.4) is 0 Å². The van der Waals surface area contributed by atoms with Crippen LogP contribution < -0.4 is 19.7 Å². The third kappa shape index (κ3) is 3.49. The van der Waals surface area contributed by atoms with E-state index in [-0.39, 0.29) is 18.6 Å². The van der Waals surface area contributed by atoms with Crippen LogP contribution >= 0.6 is 11.6 Å². The van der Waals surface area contributed by atoms with E-state index in [1.807, 2.05) is 30.3 Å². The zero-order chi connectivity index (χ0) is 21.4. The summed E-state index contributed by atoms with van der Waals surface area (Å²) in [7, 11) is 0. The fraction of sp³-hybridized carbons (Fsp3) is 0.304. The summed E-state index contributed by atoms with van der Waals surface area (Å²) in [5.74, 6) is 1.15. The van der Waals surface area contributed by atoms with Crippen LogP contribution in [0.2, 0.25) is 5.02 Å². The third-order valence-corrected chi connectivity index (χ3v) is 6.53. The molecule has 2 fully saturated rings. The summed E-state index contributed by atoms with van der Waals surface area (Å²) in [6, 6.07) is 13.4.